The van der Waals surface area contributed by atoms with Gasteiger partial charge < -0.3 is 15.3 Å². The van der Waals surface area contributed by atoms with E-state index in [0.717, 1.165) is 38.9 Å². The third-order valence-corrected chi connectivity index (χ3v) is 3.85. The van der Waals surface area contributed by atoms with Gasteiger partial charge in [-0.2, -0.15) is 0 Å². The van der Waals surface area contributed by atoms with Gasteiger partial charge in [-0.3, -0.25) is 4.79 Å². The Kier molecular flexibility index (Phi) is 9.86. The molecule has 4 heteroatoms. The van der Waals surface area contributed by atoms with E-state index < -0.39 is 11.5 Å². The highest BCUT2D eigenvalue weighted by Gasteiger charge is 2.31. The molecular formula is C16H34N2O2. The zero-order valence-electron chi connectivity index (χ0n) is 14.0. The zero-order valence-corrected chi connectivity index (χ0v) is 14.0. The Morgan fingerprint density at radius 2 is 1.85 bits per heavy atom. The average Bonchev–Trinajstić information content (AvgIpc) is 2.39. The predicted octanol–water partition coefficient (Wildman–Crippen LogP) is 3.12. The van der Waals surface area contributed by atoms with Gasteiger partial charge in [0.25, 0.3) is 0 Å². The summed E-state index contributed by atoms with van der Waals surface area (Å²) < 4.78 is 0. The normalized spacial score (nSPS) is 14.8. The van der Waals surface area contributed by atoms with Gasteiger partial charge in [0, 0.05) is 6.04 Å². The van der Waals surface area contributed by atoms with Gasteiger partial charge in [-0.25, -0.2) is 0 Å². The lowest BCUT2D eigenvalue weighted by Crippen LogP contribution is -2.49. The number of hydrogen-bond acceptors (Lipinski definition) is 3. The van der Waals surface area contributed by atoms with E-state index in [1.807, 2.05) is 0 Å². The summed E-state index contributed by atoms with van der Waals surface area (Å²) in [5, 5.41) is 12.5. The summed E-state index contributed by atoms with van der Waals surface area (Å²) in [4.78, 5) is 13.9. The van der Waals surface area contributed by atoms with E-state index in [1.54, 1.807) is 6.92 Å². The number of nitrogens with one attached hydrogen (secondary N) is 1. The van der Waals surface area contributed by atoms with Crippen molar-refractivity contribution in [1.29, 1.82) is 0 Å². The molecule has 0 aliphatic heterocycles. The second-order valence-electron chi connectivity index (χ2n) is 6.15. The summed E-state index contributed by atoms with van der Waals surface area (Å²) in [6.07, 6.45) is 4.84. The number of nitrogens with zero attached hydrogens (tertiary/aromatic N) is 1. The third kappa shape index (κ3) is 7.25. The van der Waals surface area contributed by atoms with Crippen LogP contribution in [0.25, 0.3) is 0 Å². The van der Waals surface area contributed by atoms with Gasteiger partial charge in [-0.05, 0) is 72.5 Å². The van der Waals surface area contributed by atoms with Crippen molar-refractivity contribution in [2.45, 2.75) is 78.3 Å². The number of rotatable bonds is 12. The van der Waals surface area contributed by atoms with Crippen LogP contribution in [-0.4, -0.2) is 47.2 Å². The minimum Gasteiger partial charge on any atom is -0.480 e. The van der Waals surface area contributed by atoms with E-state index in [-0.39, 0.29) is 0 Å². The fourth-order valence-corrected chi connectivity index (χ4v) is 2.38. The summed E-state index contributed by atoms with van der Waals surface area (Å²) in [7, 11) is 0. The predicted molar refractivity (Wildman–Crippen MR) is 85.2 cm³/mol. The van der Waals surface area contributed by atoms with Gasteiger partial charge >= 0.3 is 5.97 Å². The molecule has 4 nitrogen and oxygen atoms in total. The topological polar surface area (TPSA) is 52.6 Å². The maximum Gasteiger partial charge on any atom is 0.323 e. The molecule has 1 atom stereocenters. The number of unbranched alkanes of at least 4 members (excludes halogenated alkanes) is 1. The van der Waals surface area contributed by atoms with Gasteiger partial charge in [-0.1, -0.05) is 13.8 Å². The molecule has 0 aliphatic rings. The molecular weight excluding hydrogens is 252 g/mol. The Bertz CT molecular complexity index is 269. The second-order valence-corrected chi connectivity index (χ2v) is 6.15. The number of carboxylic acid groups (broad SMARTS) is 1. The Balaban J connectivity index is 4.14. The third-order valence-electron chi connectivity index (χ3n) is 3.85. The summed E-state index contributed by atoms with van der Waals surface area (Å²) in [5.74, 6) is -0.736. The fourth-order valence-electron chi connectivity index (χ4n) is 2.38. The second kappa shape index (κ2) is 10.2. The zero-order chi connectivity index (χ0) is 15.6. The van der Waals surface area contributed by atoms with Gasteiger partial charge in [0.05, 0.1) is 0 Å². The van der Waals surface area contributed by atoms with Crippen LogP contribution in [0.1, 0.15) is 66.7 Å². The minimum atomic E-state index is -0.774. The number of carbonyl (C=O) groups is 1. The largest absolute Gasteiger partial charge is 0.480 e. The molecule has 0 bridgehead atoms. The molecule has 120 valence electrons. The molecule has 0 saturated carbocycles. The highest BCUT2D eigenvalue weighted by atomic mass is 16.4. The summed E-state index contributed by atoms with van der Waals surface area (Å²) in [5.41, 5.74) is -0.774. The van der Waals surface area contributed by atoms with Crippen molar-refractivity contribution in [3.8, 4) is 0 Å². The van der Waals surface area contributed by atoms with E-state index in [2.05, 4.69) is 37.9 Å². The highest BCUT2D eigenvalue weighted by Crippen LogP contribution is 2.15. The molecule has 0 aromatic heterocycles. The van der Waals surface area contributed by atoms with Gasteiger partial charge in [-0.15, -0.1) is 0 Å². The molecule has 0 fully saturated rings. The Morgan fingerprint density at radius 1 is 1.20 bits per heavy atom. The molecule has 0 spiro atoms. The average molecular weight is 286 g/mol. The van der Waals surface area contributed by atoms with Gasteiger partial charge in [0.15, 0.2) is 0 Å². The molecule has 0 aromatic rings. The van der Waals surface area contributed by atoms with Crippen LogP contribution in [-0.2, 0) is 4.79 Å². The molecule has 1 unspecified atom stereocenters. The molecule has 0 saturated heterocycles. The van der Waals surface area contributed by atoms with Crippen LogP contribution in [0.5, 0.6) is 0 Å². The lowest BCUT2D eigenvalue weighted by Gasteiger charge is -2.28. The lowest BCUT2D eigenvalue weighted by molar-refractivity contribution is -0.144. The van der Waals surface area contributed by atoms with Gasteiger partial charge in [0.1, 0.15) is 5.54 Å². The Labute approximate surface area is 124 Å². The van der Waals surface area contributed by atoms with Crippen LogP contribution in [0.3, 0.4) is 0 Å². The van der Waals surface area contributed by atoms with Crippen molar-refractivity contribution in [3.63, 3.8) is 0 Å². The Hall–Kier alpha value is -0.610. The molecule has 20 heavy (non-hydrogen) atoms. The highest BCUT2D eigenvalue weighted by molar-refractivity contribution is 5.78. The van der Waals surface area contributed by atoms with E-state index in [4.69, 9.17) is 0 Å². The van der Waals surface area contributed by atoms with Crippen molar-refractivity contribution >= 4 is 5.97 Å². The molecule has 0 radical (unpaired) electrons. The first-order valence-electron chi connectivity index (χ1n) is 8.09. The van der Waals surface area contributed by atoms with Crippen LogP contribution < -0.4 is 5.32 Å². The summed E-state index contributed by atoms with van der Waals surface area (Å²) in [6, 6.07) is 0.569. The lowest BCUT2D eigenvalue weighted by atomic mass is 9.94. The maximum absolute atomic E-state index is 11.4. The fraction of sp³-hybridized carbons (Fsp3) is 0.938. The van der Waals surface area contributed by atoms with E-state index in [9.17, 15) is 9.90 Å². The van der Waals surface area contributed by atoms with Crippen molar-refractivity contribution in [2.75, 3.05) is 19.6 Å². The van der Waals surface area contributed by atoms with Crippen molar-refractivity contribution in [3.05, 3.63) is 0 Å². The maximum atomic E-state index is 11.4. The first-order valence-corrected chi connectivity index (χ1v) is 8.09. The van der Waals surface area contributed by atoms with Crippen LogP contribution in [0.2, 0.25) is 0 Å². The number of carboxylic acids is 1. The molecule has 0 amide bonds. The van der Waals surface area contributed by atoms with E-state index in [0.29, 0.717) is 12.5 Å². The summed E-state index contributed by atoms with van der Waals surface area (Å²) in [6.45, 7) is 13.5. The van der Waals surface area contributed by atoms with Crippen LogP contribution >= 0.6 is 0 Å². The SMILES string of the molecule is CCCNC(C)(CCCCN(CCC)C(C)C)C(=O)O. The van der Waals surface area contributed by atoms with E-state index in [1.165, 1.54) is 6.42 Å². The first-order chi connectivity index (χ1) is 9.37. The van der Waals surface area contributed by atoms with Gasteiger partial charge in [0.2, 0.25) is 0 Å². The molecule has 0 aromatic carbocycles. The molecule has 0 heterocycles. The summed E-state index contributed by atoms with van der Waals surface area (Å²) >= 11 is 0. The molecule has 2 N–H and O–H groups in total. The van der Waals surface area contributed by atoms with Crippen LogP contribution in [0.4, 0.5) is 0 Å². The Morgan fingerprint density at radius 3 is 2.30 bits per heavy atom. The van der Waals surface area contributed by atoms with E-state index >= 15 is 0 Å². The minimum absolute atomic E-state index is 0.569. The van der Waals surface area contributed by atoms with Crippen molar-refractivity contribution in [2.24, 2.45) is 0 Å². The van der Waals surface area contributed by atoms with Crippen LogP contribution in [0.15, 0.2) is 0 Å². The smallest absolute Gasteiger partial charge is 0.323 e. The molecule has 0 rings (SSSR count). The van der Waals surface area contributed by atoms with Crippen LogP contribution in [0, 0.1) is 0 Å². The van der Waals surface area contributed by atoms with Crippen molar-refractivity contribution < 1.29 is 9.90 Å². The monoisotopic (exact) mass is 286 g/mol. The number of hydrogen-bond donors (Lipinski definition) is 2. The standard InChI is InChI=1S/C16H34N2O2/c1-6-11-17-16(5,15(19)20)10-8-9-13-18(12-7-2)14(3)4/h14,17H,6-13H2,1-5H3,(H,19,20). The quantitative estimate of drug-likeness (QED) is 0.541. The number of aliphatic carboxylic acids is 1. The molecule has 0 aliphatic carbocycles. The van der Waals surface area contributed by atoms with Crippen molar-refractivity contribution in [1.82, 2.24) is 10.2 Å². The first kappa shape index (κ1) is 19.4.